The zero-order valence-electron chi connectivity index (χ0n) is 23.4. The van der Waals surface area contributed by atoms with Gasteiger partial charge in [-0.3, -0.25) is 4.79 Å². The van der Waals surface area contributed by atoms with Gasteiger partial charge in [-0.05, 0) is 69.9 Å². The van der Waals surface area contributed by atoms with Crippen molar-refractivity contribution in [3.8, 4) is 0 Å². The lowest BCUT2D eigenvalue weighted by molar-refractivity contribution is -0.129. The molecule has 1 N–H and O–H groups in total. The lowest BCUT2D eigenvalue weighted by Gasteiger charge is -2.32. The normalized spacial score (nSPS) is 14.1. The Labute approximate surface area is 222 Å². The molecule has 0 aliphatic carbocycles. The first-order chi connectivity index (χ1) is 17.6. The highest BCUT2D eigenvalue weighted by molar-refractivity contribution is 5.89. The second kappa shape index (κ2) is 14.3. The number of rotatable bonds is 7. The molecule has 200 valence electrons. The van der Waals surface area contributed by atoms with Crippen molar-refractivity contribution in [1.29, 1.82) is 0 Å². The molecule has 1 aromatic heterocycles. The number of nitrogens with zero attached hydrogens (tertiary/aromatic N) is 4. The molecule has 0 saturated carbocycles. The van der Waals surface area contributed by atoms with Crippen LogP contribution in [0.4, 0.5) is 10.3 Å². The average Bonchev–Trinajstić information content (AvgIpc) is 2.85. The van der Waals surface area contributed by atoms with E-state index in [1.54, 1.807) is 25.3 Å². The summed E-state index contributed by atoms with van der Waals surface area (Å²) in [5.74, 6) is 0.382. The lowest BCUT2D eigenvalue weighted by atomic mass is 10.0. The molecule has 0 spiro atoms. The van der Waals surface area contributed by atoms with Crippen LogP contribution in [0.2, 0.25) is 0 Å². The molecule has 0 bridgehead atoms. The summed E-state index contributed by atoms with van der Waals surface area (Å²) in [7, 11) is 0. The molecule has 1 aliphatic heterocycles. The van der Waals surface area contributed by atoms with Gasteiger partial charge in [-0.2, -0.15) is 0 Å². The second-order valence-electron chi connectivity index (χ2n) is 9.69. The molecular formula is C30H42FN5O. The smallest absolute Gasteiger partial charge is 0.223 e. The topological polar surface area (TPSA) is 61.4 Å². The second-order valence-corrected chi connectivity index (χ2v) is 9.69. The predicted molar refractivity (Wildman–Crippen MR) is 152 cm³/mol. The van der Waals surface area contributed by atoms with Crippen molar-refractivity contribution in [3.05, 3.63) is 77.7 Å². The number of hydrogen-bond acceptors (Lipinski definition) is 5. The fourth-order valence-electron chi connectivity index (χ4n) is 4.04. The average molecular weight is 508 g/mol. The molecule has 1 aromatic carbocycles. The molecule has 37 heavy (non-hydrogen) atoms. The highest BCUT2D eigenvalue weighted by Crippen LogP contribution is 2.32. The Morgan fingerprint density at radius 1 is 1.11 bits per heavy atom. The summed E-state index contributed by atoms with van der Waals surface area (Å²) < 4.78 is 13.6. The van der Waals surface area contributed by atoms with Gasteiger partial charge in [0.05, 0.1) is 11.4 Å². The number of carbonyl (C=O) groups excluding carboxylic acids is 1. The van der Waals surface area contributed by atoms with Gasteiger partial charge in [0.1, 0.15) is 5.82 Å². The third-order valence-corrected chi connectivity index (χ3v) is 5.84. The quantitative estimate of drug-likeness (QED) is 0.433. The zero-order chi connectivity index (χ0) is 27.5. The minimum absolute atomic E-state index is 0.113. The maximum absolute atomic E-state index is 13.6. The van der Waals surface area contributed by atoms with Crippen LogP contribution in [0.5, 0.6) is 0 Å². The van der Waals surface area contributed by atoms with Gasteiger partial charge in [-0.1, -0.05) is 44.6 Å². The third-order valence-electron chi connectivity index (χ3n) is 5.84. The molecule has 0 radical (unpaired) electrons. The van der Waals surface area contributed by atoms with Gasteiger partial charge in [0, 0.05) is 44.1 Å². The van der Waals surface area contributed by atoms with E-state index >= 15 is 0 Å². The van der Waals surface area contributed by atoms with Crippen molar-refractivity contribution < 1.29 is 9.18 Å². The molecule has 1 saturated heterocycles. The van der Waals surface area contributed by atoms with E-state index in [-0.39, 0.29) is 17.8 Å². The summed E-state index contributed by atoms with van der Waals surface area (Å²) in [4.78, 5) is 24.8. The maximum atomic E-state index is 13.6. The van der Waals surface area contributed by atoms with Gasteiger partial charge in [-0.25, -0.2) is 14.4 Å². The summed E-state index contributed by atoms with van der Waals surface area (Å²) in [6.45, 7) is 19.5. The van der Waals surface area contributed by atoms with Crippen LogP contribution in [-0.2, 0) is 4.79 Å². The minimum atomic E-state index is -0.275. The number of halogens is 1. The van der Waals surface area contributed by atoms with Crippen molar-refractivity contribution in [2.24, 2.45) is 0 Å². The Hall–Kier alpha value is -3.48. The highest BCUT2D eigenvalue weighted by atomic mass is 19.1. The number of piperidine rings is 1. The summed E-state index contributed by atoms with van der Waals surface area (Å²) in [5.41, 5.74) is 5.38. The molecule has 2 aromatic rings. The molecule has 7 heteroatoms. The monoisotopic (exact) mass is 507 g/mol. The molecule has 2 heterocycles. The summed E-state index contributed by atoms with van der Waals surface area (Å²) >= 11 is 0. The molecular weight excluding hydrogens is 465 g/mol. The largest absolute Gasteiger partial charge is 0.351 e. The van der Waals surface area contributed by atoms with Gasteiger partial charge < -0.3 is 15.1 Å². The van der Waals surface area contributed by atoms with Gasteiger partial charge in [0.25, 0.3) is 0 Å². The van der Waals surface area contributed by atoms with Crippen molar-refractivity contribution in [2.45, 2.75) is 73.8 Å². The molecule has 3 rings (SSSR count). The summed E-state index contributed by atoms with van der Waals surface area (Å²) in [6.07, 6.45) is 6.71. The number of hydrogen-bond donors (Lipinski definition) is 1. The number of aromatic nitrogens is 2. The molecule has 1 amide bonds. The van der Waals surface area contributed by atoms with Gasteiger partial charge in [0.15, 0.2) is 0 Å². The number of anilines is 1. The first-order valence-corrected chi connectivity index (χ1v) is 13.0. The van der Waals surface area contributed by atoms with Crippen LogP contribution in [-0.4, -0.2) is 44.8 Å². The van der Waals surface area contributed by atoms with E-state index in [0.717, 1.165) is 59.7 Å². The van der Waals surface area contributed by atoms with E-state index in [1.807, 2.05) is 49.8 Å². The molecule has 0 unspecified atom stereocenters. The Morgan fingerprint density at radius 3 is 2.22 bits per heavy atom. The zero-order valence-corrected chi connectivity index (χ0v) is 23.4. The predicted octanol–water partition coefficient (Wildman–Crippen LogP) is 7.10. The number of benzene rings is 1. The highest BCUT2D eigenvalue weighted by Gasteiger charge is 2.22. The maximum Gasteiger partial charge on any atom is 0.223 e. The van der Waals surface area contributed by atoms with Gasteiger partial charge in [-0.15, -0.1) is 0 Å². The molecule has 0 atom stereocenters. The van der Waals surface area contributed by atoms with Crippen molar-refractivity contribution >= 4 is 23.1 Å². The Bertz CT molecular complexity index is 1110. The minimum Gasteiger partial charge on any atom is -0.351 e. The van der Waals surface area contributed by atoms with Crippen molar-refractivity contribution in [1.82, 2.24) is 19.8 Å². The van der Waals surface area contributed by atoms with E-state index in [4.69, 9.17) is 4.98 Å². The van der Waals surface area contributed by atoms with Crippen LogP contribution in [0, 0.1) is 5.82 Å². The van der Waals surface area contributed by atoms with Gasteiger partial charge in [0.2, 0.25) is 11.9 Å². The SMILES string of the molecule is C=C(C)N(C=C(C)C)/C(=C(\C)c1ccc(F)cc1)c1ccnc(NC2CCN(C(C)=O)CC2)n1.CCC. The van der Waals surface area contributed by atoms with Crippen LogP contribution < -0.4 is 5.32 Å². The van der Waals surface area contributed by atoms with Crippen LogP contribution in [0.25, 0.3) is 11.3 Å². The van der Waals surface area contributed by atoms with Crippen LogP contribution in [0.3, 0.4) is 0 Å². The Balaban J connectivity index is 0.00000153. The number of carbonyl (C=O) groups is 1. The van der Waals surface area contributed by atoms with Crippen molar-refractivity contribution in [2.75, 3.05) is 18.4 Å². The van der Waals surface area contributed by atoms with Crippen LogP contribution in [0.15, 0.2) is 60.6 Å². The standard InChI is InChI=1S/C27H34FN5O.C3H8/c1-18(2)17-33(19(3)4)26(20(5)22-7-9-23(28)10-8-22)25-11-14-29-27(31-25)30-24-12-15-32(16-13-24)21(6)34;1-3-2/h7-11,14,17,24H,3,12-13,15-16H2,1-2,4-6H3,(H,29,30,31);3H2,1-2H3/b26-20+;. The lowest BCUT2D eigenvalue weighted by Crippen LogP contribution is -2.41. The molecule has 6 nitrogen and oxygen atoms in total. The van der Waals surface area contributed by atoms with E-state index in [9.17, 15) is 9.18 Å². The first kappa shape index (κ1) is 29.7. The van der Waals surface area contributed by atoms with E-state index in [0.29, 0.717) is 5.95 Å². The molecule has 1 fully saturated rings. The number of nitrogens with one attached hydrogen (secondary N) is 1. The first-order valence-electron chi connectivity index (χ1n) is 13.0. The van der Waals surface area contributed by atoms with Crippen LogP contribution >= 0.6 is 0 Å². The number of likely N-dealkylation sites (tertiary alicyclic amines) is 1. The van der Waals surface area contributed by atoms with E-state index in [1.165, 1.54) is 18.6 Å². The number of amides is 1. The number of allylic oxidation sites excluding steroid dienone is 3. The Morgan fingerprint density at radius 2 is 1.70 bits per heavy atom. The van der Waals surface area contributed by atoms with Crippen LogP contribution in [0.1, 0.15) is 79.0 Å². The summed E-state index contributed by atoms with van der Waals surface area (Å²) in [6, 6.07) is 8.54. The van der Waals surface area contributed by atoms with Gasteiger partial charge >= 0.3 is 0 Å². The third kappa shape index (κ3) is 8.85. The Kier molecular flexibility index (Phi) is 11.5. The van der Waals surface area contributed by atoms with Crippen molar-refractivity contribution in [3.63, 3.8) is 0 Å². The van der Waals surface area contributed by atoms with E-state index < -0.39 is 0 Å². The summed E-state index contributed by atoms with van der Waals surface area (Å²) in [5, 5.41) is 3.44. The van der Waals surface area contributed by atoms with E-state index in [2.05, 4.69) is 30.7 Å². The molecule has 1 aliphatic rings. The fraction of sp³-hybridized carbons (Fsp3) is 0.433. The fourth-order valence-corrected chi connectivity index (χ4v) is 4.04.